The highest BCUT2D eigenvalue weighted by molar-refractivity contribution is 8.10. The Labute approximate surface area is 106 Å². The minimum atomic E-state index is -0.839. The lowest BCUT2D eigenvalue weighted by molar-refractivity contribution is 0.541. The SMILES string of the molecule is CC(C)(C#N)N=NC(C)(C)C#N.OC(=S)S. The number of thiol groups is 1. The van der Waals surface area contributed by atoms with Crippen molar-refractivity contribution in [1.82, 2.24) is 0 Å². The molecule has 0 atom stereocenters. The third-order valence-electron chi connectivity index (χ3n) is 1.10. The Morgan fingerprint density at radius 1 is 1.12 bits per heavy atom. The van der Waals surface area contributed by atoms with Gasteiger partial charge in [0.05, 0.1) is 12.1 Å². The molecule has 0 aliphatic heterocycles. The average molecular weight is 258 g/mol. The van der Waals surface area contributed by atoms with E-state index in [2.05, 4.69) is 35.1 Å². The summed E-state index contributed by atoms with van der Waals surface area (Å²) in [7, 11) is 0. The molecule has 5 nitrogen and oxygen atoms in total. The summed E-state index contributed by atoms with van der Waals surface area (Å²) >= 11 is 7.21. The number of rotatable bonds is 2. The maximum atomic E-state index is 8.58. The van der Waals surface area contributed by atoms with Gasteiger partial charge in [0.15, 0.2) is 11.1 Å². The van der Waals surface area contributed by atoms with E-state index >= 15 is 0 Å². The minimum Gasteiger partial charge on any atom is -0.494 e. The first-order valence-corrected chi connectivity index (χ1v) is 5.10. The lowest BCUT2D eigenvalue weighted by atomic mass is 10.1. The van der Waals surface area contributed by atoms with Crippen LogP contribution in [0.15, 0.2) is 10.2 Å². The van der Waals surface area contributed by atoms with Crippen molar-refractivity contribution in [3.63, 3.8) is 0 Å². The Kier molecular flexibility index (Phi) is 7.70. The summed E-state index contributed by atoms with van der Waals surface area (Å²) in [6.07, 6.45) is 0. The first kappa shape index (κ1) is 17.2. The van der Waals surface area contributed by atoms with Crippen LogP contribution in [0.4, 0.5) is 0 Å². The van der Waals surface area contributed by atoms with Crippen molar-refractivity contribution in [2.75, 3.05) is 0 Å². The Balaban J connectivity index is 0. The minimum absolute atomic E-state index is 0.306. The predicted molar refractivity (Wildman–Crippen MR) is 68.5 cm³/mol. The van der Waals surface area contributed by atoms with Crippen molar-refractivity contribution in [3.8, 4) is 12.1 Å². The van der Waals surface area contributed by atoms with E-state index in [-0.39, 0.29) is 4.38 Å². The first-order chi connectivity index (χ1) is 7.06. The highest BCUT2D eigenvalue weighted by atomic mass is 32.1. The second kappa shape index (κ2) is 7.15. The van der Waals surface area contributed by atoms with Crippen LogP contribution in [-0.2, 0) is 0 Å². The van der Waals surface area contributed by atoms with E-state index in [1.165, 1.54) is 0 Å². The van der Waals surface area contributed by atoms with Gasteiger partial charge < -0.3 is 5.11 Å². The highest BCUT2D eigenvalue weighted by Crippen LogP contribution is 2.13. The van der Waals surface area contributed by atoms with Crippen LogP contribution in [0, 0.1) is 22.7 Å². The number of nitriles is 2. The van der Waals surface area contributed by atoms with E-state index in [1.54, 1.807) is 27.7 Å². The van der Waals surface area contributed by atoms with Crippen LogP contribution in [0.1, 0.15) is 27.7 Å². The standard InChI is InChI=1S/C8H12N4.CH2OS2/c1-7(2,5-9)11-12-8(3,4)6-10;2-1(3)4/h1-4H3;(H2,2,3,4). The quantitative estimate of drug-likeness (QED) is 0.452. The van der Waals surface area contributed by atoms with Gasteiger partial charge in [-0.3, -0.25) is 0 Å². The number of nitrogens with zero attached hydrogens (tertiary/aromatic N) is 4. The van der Waals surface area contributed by atoms with Gasteiger partial charge in [-0.1, -0.05) is 12.6 Å². The summed E-state index contributed by atoms with van der Waals surface area (Å²) in [6.45, 7) is 6.57. The van der Waals surface area contributed by atoms with Gasteiger partial charge in [-0.05, 0) is 39.9 Å². The summed E-state index contributed by atoms with van der Waals surface area (Å²) in [6, 6.07) is 3.94. The van der Waals surface area contributed by atoms with E-state index in [1.807, 2.05) is 12.1 Å². The number of hydrogen-bond donors (Lipinski definition) is 2. The maximum Gasteiger partial charge on any atom is 0.214 e. The molecule has 16 heavy (non-hydrogen) atoms. The maximum absolute atomic E-state index is 8.58. The molecule has 0 heterocycles. The van der Waals surface area contributed by atoms with Crippen LogP contribution in [0.5, 0.6) is 0 Å². The van der Waals surface area contributed by atoms with Gasteiger partial charge in [-0.25, -0.2) is 0 Å². The van der Waals surface area contributed by atoms with Gasteiger partial charge in [-0.2, -0.15) is 20.8 Å². The molecule has 0 aliphatic rings. The summed E-state index contributed by atoms with van der Waals surface area (Å²) < 4.78 is -0.306. The fraction of sp³-hybridized carbons (Fsp3) is 0.667. The van der Waals surface area contributed by atoms with Gasteiger partial charge >= 0.3 is 0 Å². The largest absolute Gasteiger partial charge is 0.494 e. The van der Waals surface area contributed by atoms with Crippen LogP contribution < -0.4 is 0 Å². The molecule has 0 aromatic rings. The fourth-order valence-electron chi connectivity index (χ4n) is 0.295. The van der Waals surface area contributed by atoms with Gasteiger partial charge in [0.2, 0.25) is 4.38 Å². The molecule has 0 saturated heterocycles. The molecular formula is C9H14N4OS2. The molecule has 0 saturated carbocycles. The molecule has 7 heteroatoms. The zero-order valence-electron chi connectivity index (χ0n) is 9.59. The molecule has 0 aliphatic carbocycles. The predicted octanol–water partition coefficient (Wildman–Crippen LogP) is 2.80. The molecule has 0 spiro atoms. The molecule has 88 valence electrons. The van der Waals surface area contributed by atoms with Gasteiger partial charge in [0, 0.05) is 0 Å². The van der Waals surface area contributed by atoms with Crippen molar-refractivity contribution >= 4 is 29.2 Å². The summed E-state index contributed by atoms with van der Waals surface area (Å²) in [5.41, 5.74) is -1.68. The topological polar surface area (TPSA) is 92.5 Å². The smallest absolute Gasteiger partial charge is 0.214 e. The van der Waals surface area contributed by atoms with Gasteiger partial charge in [0.25, 0.3) is 0 Å². The molecular weight excluding hydrogens is 244 g/mol. The number of aliphatic hydroxyl groups excluding tert-OH is 1. The second-order valence-electron chi connectivity index (χ2n) is 3.82. The molecule has 0 radical (unpaired) electrons. The van der Waals surface area contributed by atoms with Gasteiger partial charge in [-0.15, -0.1) is 0 Å². The highest BCUT2D eigenvalue weighted by Gasteiger charge is 2.19. The number of aliphatic hydroxyl groups is 1. The zero-order valence-corrected chi connectivity index (χ0v) is 11.3. The van der Waals surface area contributed by atoms with Crippen LogP contribution in [-0.4, -0.2) is 20.6 Å². The monoisotopic (exact) mass is 258 g/mol. The van der Waals surface area contributed by atoms with Gasteiger partial charge in [0.1, 0.15) is 0 Å². The molecule has 0 amide bonds. The van der Waals surface area contributed by atoms with E-state index in [4.69, 9.17) is 15.6 Å². The van der Waals surface area contributed by atoms with Crippen molar-refractivity contribution in [3.05, 3.63) is 0 Å². The van der Waals surface area contributed by atoms with Crippen molar-refractivity contribution in [2.45, 2.75) is 38.8 Å². The lowest BCUT2D eigenvalue weighted by Crippen LogP contribution is -2.17. The molecule has 0 rings (SSSR count). The Morgan fingerprint density at radius 2 is 1.31 bits per heavy atom. The normalized spacial score (nSPS) is 10.9. The summed E-state index contributed by atoms with van der Waals surface area (Å²) in [5, 5.41) is 32.3. The number of hydrogen-bond acceptors (Lipinski definition) is 5. The lowest BCUT2D eigenvalue weighted by Gasteiger charge is -2.11. The van der Waals surface area contributed by atoms with E-state index in [0.29, 0.717) is 0 Å². The number of azo groups is 1. The Hall–Kier alpha value is -1.18. The third-order valence-corrected chi connectivity index (χ3v) is 1.10. The van der Waals surface area contributed by atoms with Crippen LogP contribution in [0.25, 0.3) is 0 Å². The van der Waals surface area contributed by atoms with Crippen molar-refractivity contribution < 1.29 is 5.11 Å². The second-order valence-corrected chi connectivity index (χ2v) is 4.94. The third kappa shape index (κ3) is 12.8. The van der Waals surface area contributed by atoms with Crippen LogP contribution in [0.3, 0.4) is 0 Å². The molecule has 1 N–H and O–H groups in total. The fourth-order valence-corrected chi connectivity index (χ4v) is 0.295. The molecule has 0 fully saturated rings. The molecule has 0 bridgehead atoms. The summed E-state index contributed by atoms with van der Waals surface area (Å²) in [4.78, 5) is 0. The van der Waals surface area contributed by atoms with E-state index < -0.39 is 11.1 Å². The Morgan fingerprint density at radius 3 is 1.44 bits per heavy atom. The zero-order chi connectivity index (χ0) is 13.4. The van der Waals surface area contributed by atoms with Crippen LogP contribution >= 0.6 is 24.8 Å². The summed E-state index contributed by atoms with van der Waals surface area (Å²) in [5.74, 6) is 0. The van der Waals surface area contributed by atoms with Crippen LogP contribution in [0.2, 0.25) is 0 Å². The Bertz CT molecular complexity index is 318. The van der Waals surface area contributed by atoms with E-state index in [9.17, 15) is 0 Å². The number of thiocarbonyl (C=S) groups is 1. The first-order valence-electron chi connectivity index (χ1n) is 4.25. The van der Waals surface area contributed by atoms with Crippen molar-refractivity contribution in [1.29, 1.82) is 10.5 Å². The average Bonchev–Trinajstić information content (AvgIpc) is 2.15. The van der Waals surface area contributed by atoms with E-state index in [0.717, 1.165) is 0 Å². The molecule has 0 unspecified atom stereocenters. The molecule has 0 aromatic heterocycles. The molecule has 0 aromatic carbocycles. The van der Waals surface area contributed by atoms with Crippen molar-refractivity contribution in [2.24, 2.45) is 10.2 Å².